The molecule has 1 aliphatic rings. The van der Waals surface area contributed by atoms with E-state index >= 15 is 0 Å². The zero-order valence-electron chi connectivity index (χ0n) is 12.2. The summed E-state index contributed by atoms with van der Waals surface area (Å²) in [5.74, 6) is -0.500. The molecule has 0 aromatic carbocycles. The topological polar surface area (TPSA) is 79.2 Å². The van der Waals surface area contributed by atoms with Crippen LogP contribution in [0.25, 0.3) is 10.2 Å². The van der Waals surface area contributed by atoms with Crippen molar-refractivity contribution in [3.05, 3.63) is 16.6 Å². The Labute approximate surface area is 133 Å². The minimum Gasteiger partial charge on any atom is -0.387 e. The number of nitrogens with one attached hydrogen (secondary N) is 2. The lowest BCUT2D eigenvalue weighted by atomic mass is 10.0. The molecule has 23 heavy (non-hydrogen) atoms. The first-order chi connectivity index (χ1) is 10.7. The van der Waals surface area contributed by atoms with Gasteiger partial charge in [0.2, 0.25) is 0 Å². The Bertz CT molecular complexity index is 746. The summed E-state index contributed by atoms with van der Waals surface area (Å²) < 4.78 is 39.9. The molecule has 1 fully saturated rings. The summed E-state index contributed by atoms with van der Waals surface area (Å²) in [6.07, 6.45) is -4.05. The van der Waals surface area contributed by atoms with Gasteiger partial charge in [-0.15, -0.1) is 11.3 Å². The maximum Gasteiger partial charge on any atom is 0.435 e. The molecule has 6 nitrogen and oxygen atoms in total. The number of fused-ring (bicyclic) bond motifs is 1. The third-order valence-electron chi connectivity index (χ3n) is 3.80. The van der Waals surface area contributed by atoms with Crippen LogP contribution in [0.2, 0.25) is 0 Å². The Hall–Kier alpha value is -1.65. The van der Waals surface area contributed by atoms with E-state index in [2.05, 4.69) is 15.7 Å². The van der Waals surface area contributed by atoms with Crippen LogP contribution in [0.4, 0.5) is 13.2 Å². The first-order valence-electron chi connectivity index (χ1n) is 6.95. The molecule has 0 spiro atoms. The van der Waals surface area contributed by atoms with Gasteiger partial charge in [0.1, 0.15) is 4.83 Å². The Balaban J connectivity index is 1.81. The summed E-state index contributed by atoms with van der Waals surface area (Å²) in [4.78, 5) is 12.6. The highest BCUT2D eigenvalue weighted by Gasteiger charge is 2.38. The molecule has 1 aliphatic heterocycles. The van der Waals surface area contributed by atoms with E-state index in [1.165, 1.54) is 13.1 Å². The van der Waals surface area contributed by atoms with Gasteiger partial charge in [0.15, 0.2) is 5.69 Å². The van der Waals surface area contributed by atoms with Crippen LogP contribution in [0.1, 0.15) is 21.8 Å². The molecule has 3 N–H and O–H groups in total. The van der Waals surface area contributed by atoms with Crippen molar-refractivity contribution in [1.29, 1.82) is 0 Å². The summed E-state index contributed by atoms with van der Waals surface area (Å²) >= 11 is 0.942. The molecule has 1 atom stereocenters. The number of carbonyl (C=O) groups excluding carboxylic acids is 1. The number of carbonyl (C=O) groups is 1. The lowest BCUT2D eigenvalue weighted by Gasteiger charge is -2.21. The van der Waals surface area contributed by atoms with Gasteiger partial charge in [-0.3, -0.25) is 9.48 Å². The number of thiophene rings is 1. The fourth-order valence-electron chi connectivity index (χ4n) is 2.58. The van der Waals surface area contributed by atoms with Crippen LogP contribution >= 0.6 is 11.3 Å². The molecule has 3 rings (SSSR count). The highest BCUT2D eigenvalue weighted by atomic mass is 32.1. The fraction of sp³-hybridized carbons (Fsp3) is 0.538. The Morgan fingerprint density at radius 1 is 1.61 bits per heavy atom. The van der Waals surface area contributed by atoms with Crippen LogP contribution in [0.5, 0.6) is 0 Å². The minimum atomic E-state index is -4.57. The lowest BCUT2D eigenvalue weighted by molar-refractivity contribution is -0.140. The van der Waals surface area contributed by atoms with Crippen molar-refractivity contribution < 1.29 is 23.1 Å². The first kappa shape index (κ1) is 16.2. The zero-order chi connectivity index (χ0) is 16.8. The number of halogens is 3. The van der Waals surface area contributed by atoms with Crippen molar-refractivity contribution in [3.8, 4) is 0 Å². The number of alkyl halides is 3. The quantitative estimate of drug-likeness (QED) is 0.776. The fourth-order valence-corrected chi connectivity index (χ4v) is 3.56. The molecule has 0 unspecified atom stereocenters. The lowest BCUT2D eigenvalue weighted by Crippen LogP contribution is -2.44. The second kappa shape index (κ2) is 5.46. The molecule has 1 amide bonds. The van der Waals surface area contributed by atoms with E-state index in [1.807, 2.05) is 0 Å². The standard InChI is InChI=1S/C13H15F3N4O2S/c1-20-11-7(9(19-20)13(14,15)16)4-8(23-11)10(21)18-6-12(22)2-3-17-5-12/h4,17,22H,2-3,5-6H2,1H3,(H,18,21)/t12-/m1/s1. The normalized spacial score (nSPS) is 22.0. The second-order valence-corrected chi connectivity index (χ2v) is 6.66. The Morgan fingerprint density at radius 2 is 2.35 bits per heavy atom. The van der Waals surface area contributed by atoms with Crippen LogP contribution in [-0.2, 0) is 13.2 Å². The van der Waals surface area contributed by atoms with Crippen molar-refractivity contribution in [1.82, 2.24) is 20.4 Å². The van der Waals surface area contributed by atoms with E-state index in [0.29, 0.717) is 19.5 Å². The molecule has 10 heteroatoms. The number of aryl methyl sites for hydroxylation is 1. The van der Waals surface area contributed by atoms with Crippen molar-refractivity contribution >= 4 is 27.5 Å². The van der Waals surface area contributed by atoms with Crippen LogP contribution in [0, 0.1) is 0 Å². The summed E-state index contributed by atoms with van der Waals surface area (Å²) in [7, 11) is 1.41. The first-order valence-corrected chi connectivity index (χ1v) is 7.76. The Morgan fingerprint density at radius 3 is 2.96 bits per heavy atom. The third-order valence-corrected chi connectivity index (χ3v) is 5.00. The summed E-state index contributed by atoms with van der Waals surface area (Å²) in [5, 5.41) is 19.1. The Kier molecular flexibility index (Phi) is 3.85. The zero-order valence-corrected chi connectivity index (χ0v) is 13.0. The summed E-state index contributed by atoms with van der Waals surface area (Å²) in [6.45, 7) is 1.09. The number of hydrogen-bond donors (Lipinski definition) is 3. The molecule has 3 heterocycles. The minimum absolute atomic E-state index is 0.0530. The van der Waals surface area contributed by atoms with E-state index in [4.69, 9.17) is 0 Å². The van der Waals surface area contributed by atoms with E-state index in [9.17, 15) is 23.1 Å². The number of rotatable bonds is 3. The predicted molar refractivity (Wildman–Crippen MR) is 78.4 cm³/mol. The third kappa shape index (κ3) is 3.06. The van der Waals surface area contributed by atoms with E-state index in [-0.39, 0.29) is 21.6 Å². The predicted octanol–water partition coefficient (Wildman–Crippen LogP) is 1.11. The molecular weight excluding hydrogens is 333 g/mol. The number of aromatic nitrogens is 2. The largest absolute Gasteiger partial charge is 0.435 e. The molecule has 2 aromatic heterocycles. The number of nitrogens with zero attached hydrogens (tertiary/aromatic N) is 2. The van der Waals surface area contributed by atoms with Crippen molar-refractivity contribution in [2.45, 2.75) is 18.2 Å². The SMILES string of the molecule is Cn1nc(C(F)(F)F)c2cc(C(=O)NC[C@@]3(O)CCNC3)sc21. The number of aliphatic hydroxyl groups is 1. The van der Waals surface area contributed by atoms with Gasteiger partial charge >= 0.3 is 6.18 Å². The average Bonchev–Trinajstić information content (AvgIpc) is 3.13. The maximum atomic E-state index is 12.9. The van der Waals surface area contributed by atoms with Gasteiger partial charge in [-0.25, -0.2) is 0 Å². The van der Waals surface area contributed by atoms with Gasteiger partial charge < -0.3 is 15.7 Å². The van der Waals surface area contributed by atoms with Crippen LogP contribution in [-0.4, -0.2) is 46.0 Å². The average molecular weight is 348 g/mol. The highest BCUT2D eigenvalue weighted by molar-refractivity contribution is 7.20. The van der Waals surface area contributed by atoms with E-state index < -0.39 is 23.4 Å². The van der Waals surface area contributed by atoms with Crippen molar-refractivity contribution in [2.75, 3.05) is 19.6 Å². The number of hydrogen-bond acceptors (Lipinski definition) is 5. The van der Waals surface area contributed by atoms with E-state index in [0.717, 1.165) is 16.0 Å². The molecule has 2 aromatic rings. The number of β-amino-alcohol motifs (C(OH)–C–C–N with tert-alkyl or cyclic N) is 1. The molecule has 0 saturated carbocycles. The second-order valence-electron chi connectivity index (χ2n) is 5.63. The summed E-state index contributed by atoms with van der Waals surface area (Å²) in [6, 6.07) is 1.20. The van der Waals surface area contributed by atoms with Crippen LogP contribution in [0.15, 0.2) is 6.07 Å². The van der Waals surface area contributed by atoms with Crippen molar-refractivity contribution in [3.63, 3.8) is 0 Å². The molecule has 1 saturated heterocycles. The van der Waals surface area contributed by atoms with E-state index in [1.54, 1.807) is 0 Å². The van der Waals surface area contributed by atoms with Crippen LogP contribution in [0.3, 0.4) is 0 Å². The van der Waals surface area contributed by atoms with Crippen LogP contribution < -0.4 is 10.6 Å². The smallest absolute Gasteiger partial charge is 0.387 e. The van der Waals surface area contributed by atoms with Gasteiger partial charge in [0.25, 0.3) is 5.91 Å². The highest BCUT2D eigenvalue weighted by Crippen LogP contribution is 2.37. The van der Waals surface area contributed by atoms with Crippen molar-refractivity contribution in [2.24, 2.45) is 7.05 Å². The molecule has 0 bridgehead atoms. The maximum absolute atomic E-state index is 12.9. The molecular formula is C13H15F3N4O2S. The molecule has 0 radical (unpaired) electrons. The molecule has 126 valence electrons. The number of amides is 1. The van der Waals surface area contributed by atoms with Gasteiger partial charge in [0, 0.05) is 25.5 Å². The van der Waals surface area contributed by atoms with Gasteiger partial charge in [-0.05, 0) is 19.0 Å². The summed E-state index contributed by atoms with van der Waals surface area (Å²) in [5.41, 5.74) is -2.01. The van der Waals surface area contributed by atoms with Gasteiger partial charge in [-0.2, -0.15) is 18.3 Å². The molecule has 0 aliphatic carbocycles. The van der Waals surface area contributed by atoms with Gasteiger partial charge in [-0.1, -0.05) is 0 Å². The van der Waals surface area contributed by atoms with Gasteiger partial charge in [0.05, 0.1) is 10.5 Å². The monoisotopic (exact) mass is 348 g/mol.